The summed E-state index contributed by atoms with van der Waals surface area (Å²) in [7, 11) is -3.60. The van der Waals surface area contributed by atoms with E-state index in [1.807, 2.05) is 77.4 Å². The van der Waals surface area contributed by atoms with Gasteiger partial charge < -0.3 is 45.6 Å². The number of hydrogen-bond acceptors (Lipinski definition) is 15. The monoisotopic (exact) mass is 1070 g/mol. The second-order valence-corrected chi connectivity index (χ2v) is 24.4. The molecule has 17 nitrogen and oxygen atoms in total. The van der Waals surface area contributed by atoms with Crippen molar-refractivity contribution in [3.63, 3.8) is 0 Å². The molecule has 2 aromatic heterocycles. The fourth-order valence-corrected chi connectivity index (χ4v) is 11.4. The fourth-order valence-electron chi connectivity index (χ4n) is 9.24. The van der Waals surface area contributed by atoms with Crippen molar-refractivity contribution in [2.75, 3.05) is 50.0 Å². The molecule has 1 unspecified atom stereocenters. The Kier molecular flexibility index (Phi) is 18.4. The number of amides is 3. The number of rotatable bonds is 20. The number of aromatic nitrogens is 3. The fraction of sp³-hybridized carbons (Fsp3) is 0.481. The number of anilines is 4. The van der Waals surface area contributed by atoms with Crippen LogP contribution in [0.5, 0.6) is 5.75 Å². The lowest BCUT2D eigenvalue weighted by molar-refractivity contribution is -0.144. The van der Waals surface area contributed by atoms with Crippen LogP contribution in [-0.4, -0.2) is 125 Å². The lowest BCUT2D eigenvalue weighted by atomic mass is 9.85. The van der Waals surface area contributed by atoms with Crippen molar-refractivity contribution in [3.8, 4) is 16.2 Å². The summed E-state index contributed by atoms with van der Waals surface area (Å²) in [5, 5.41) is 22.5. The van der Waals surface area contributed by atoms with Crippen LogP contribution in [0.25, 0.3) is 10.4 Å². The molecule has 0 spiro atoms. The number of β-amino-alcohol motifs (C(OH)–C–C–N with tert-alkyl or cyclic N) is 1. The number of para-hydroxylation sites is 1. The van der Waals surface area contributed by atoms with Crippen molar-refractivity contribution in [2.45, 2.75) is 128 Å². The van der Waals surface area contributed by atoms with Crippen molar-refractivity contribution in [3.05, 3.63) is 99.8 Å². The van der Waals surface area contributed by atoms with Crippen LogP contribution in [0.2, 0.25) is 5.02 Å². The van der Waals surface area contributed by atoms with E-state index in [1.165, 1.54) is 16.7 Å². The molecule has 0 saturated carbocycles. The first-order valence-corrected chi connectivity index (χ1v) is 27.9. The van der Waals surface area contributed by atoms with Crippen LogP contribution in [0, 0.1) is 19.3 Å². The molecule has 3 atom stereocenters. The normalized spacial score (nSPS) is 17.1. The molecule has 5 N–H and O–H groups in total. The standard InChI is InChI=1S/C54H70ClN9O8S2/c1-32(2)72-45-26-40(34(5)24-43(45)60-53-57-28-41(55)50(62-53)59-42-12-10-11-13-46(42)74(69,70)33(3)4)37-18-20-63(21-19-37)22-23-71-30-47(66)61-49(54(7,8)9)52(68)64-29-39(65)25-44(64)51(67)56-27-36-14-16-38(17-15-36)48-35(6)58-31-73-48/h10-17,24,26,28,31-33,37,39,44,49,65H,18-23,25,27,29-30H2,1-9H3,(H,56,67)(H,61,66)(H2,57,59,60,62)/t39-,44+,49?/m1/s1. The molecule has 7 rings (SSSR count). The number of carbonyl (C=O) groups is 3. The summed E-state index contributed by atoms with van der Waals surface area (Å²) in [4.78, 5) is 59.3. The Morgan fingerprint density at radius 2 is 1.68 bits per heavy atom. The third-order valence-corrected chi connectivity index (χ3v) is 16.8. The van der Waals surface area contributed by atoms with Crippen molar-refractivity contribution >= 4 is 73.6 Å². The molecule has 3 aromatic carbocycles. The number of ether oxygens (including phenoxy) is 2. The van der Waals surface area contributed by atoms with Gasteiger partial charge in [-0.15, -0.1) is 11.3 Å². The Labute approximate surface area is 444 Å². The highest BCUT2D eigenvalue weighted by molar-refractivity contribution is 7.92. The highest BCUT2D eigenvalue weighted by Crippen LogP contribution is 2.39. The van der Waals surface area contributed by atoms with Crippen molar-refractivity contribution in [2.24, 2.45) is 5.41 Å². The summed E-state index contributed by atoms with van der Waals surface area (Å²) < 4.78 is 38.5. The SMILES string of the molecule is Cc1cc(Nc2ncc(Cl)c(Nc3ccccc3S(=O)(=O)C(C)C)n2)c(OC(C)C)cc1C1CCN(CCOCC(=O)NC(C(=O)N2C[C@H](O)C[C@H]2C(=O)NCc2ccc(-c3scnc3C)cc2)C(C)(C)C)CC1. The second kappa shape index (κ2) is 24.3. The molecule has 20 heteroatoms. The van der Waals surface area contributed by atoms with E-state index in [2.05, 4.69) is 54.1 Å². The Balaban J connectivity index is 0.895. The topological polar surface area (TPSA) is 217 Å². The number of aliphatic hydroxyl groups excluding tert-OH is 1. The first kappa shape index (κ1) is 56.0. The molecule has 0 bridgehead atoms. The summed E-state index contributed by atoms with van der Waals surface area (Å²) in [6, 6.07) is 16.8. The smallest absolute Gasteiger partial charge is 0.246 e. The molecule has 2 saturated heterocycles. The zero-order chi connectivity index (χ0) is 53.5. The van der Waals surface area contributed by atoms with E-state index in [0.29, 0.717) is 30.3 Å². The largest absolute Gasteiger partial charge is 0.489 e. The molecule has 5 aromatic rings. The highest BCUT2D eigenvalue weighted by Gasteiger charge is 2.44. The van der Waals surface area contributed by atoms with E-state index in [-0.39, 0.29) is 65.7 Å². The van der Waals surface area contributed by atoms with E-state index in [4.69, 9.17) is 21.1 Å². The summed E-state index contributed by atoms with van der Waals surface area (Å²) in [6.07, 6.45) is 2.36. The van der Waals surface area contributed by atoms with Crippen molar-refractivity contribution in [1.82, 2.24) is 35.4 Å². The Hall–Kier alpha value is -5.70. The van der Waals surface area contributed by atoms with Crippen molar-refractivity contribution < 1.29 is 37.4 Å². The number of nitrogens with zero attached hydrogens (tertiary/aromatic N) is 5. The Bertz CT molecular complexity index is 2880. The zero-order valence-corrected chi connectivity index (χ0v) is 46.1. The Morgan fingerprint density at radius 1 is 0.959 bits per heavy atom. The molecule has 4 heterocycles. The van der Waals surface area contributed by atoms with Crippen LogP contribution >= 0.6 is 22.9 Å². The number of aliphatic hydroxyl groups is 1. The van der Waals surface area contributed by atoms with Gasteiger partial charge in [-0.3, -0.25) is 14.4 Å². The molecule has 0 aliphatic carbocycles. The van der Waals surface area contributed by atoms with E-state index < -0.39 is 50.5 Å². The van der Waals surface area contributed by atoms with Gasteiger partial charge in [-0.2, -0.15) is 4.98 Å². The number of carbonyl (C=O) groups excluding carboxylic acids is 3. The number of piperidine rings is 1. The highest BCUT2D eigenvalue weighted by atomic mass is 35.5. The van der Waals surface area contributed by atoms with Crippen LogP contribution in [0.1, 0.15) is 96.0 Å². The number of nitrogens with one attached hydrogen (secondary N) is 4. The minimum Gasteiger partial charge on any atom is -0.489 e. The van der Waals surface area contributed by atoms with Gasteiger partial charge >= 0.3 is 0 Å². The molecule has 0 radical (unpaired) electrons. The predicted octanol–water partition coefficient (Wildman–Crippen LogP) is 8.33. The molecular weight excluding hydrogens is 1000 g/mol. The summed E-state index contributed by atoms with van der Waals surface area (Å²) in [5.74, 6) is 0.163. The van der Waals surface area contributed by atoms with Gasteiger partial charge in [0.05, 0.1) is 62.6 Å². The number of thiazole rings is 1. The van der Waals surface area contributed by atoms with Gasteiger partial charge in [-0.05, 0) is 125 Å². The van der Waals surface area contributed by atoms with Crippen LogP contribution in [-0.2, 0) is 35.5 Å². The van der Waals surface area contributed by atoms with Gasteiger partial charge in [0.2, 0.25) is 23.7 Å². The summed E-state index contributed by atoms with van der Waals surface area (Å²) >= 11 is 8.10. The van der Waals surface area contributed by atoms with Gasteiger partial charge in [0.15, 0.2) is 15.7 Å². The van der Waals surface area contributed by atoms with Crippen LogP contribution < -0.4 is 26.0 Å². The van der Waals surface area contributed by atoms with Gasteiger partial charge in [0.1, 0.15) is 29.5 Å². The zero-order valence-electron chi connectivity index (χ0n) is 43.7. The van der Waals surface area contributed by atoms with Gasteiger partial charge in [-0.25, -0.2) is 18.4 Å². The third kappa shape index (κ3) is 14.0. The van der Waals surface area contributed by atoms with Gasteiger partial charge in [0, 0.05) is 26.1 Å². The average molecular weight is 1070 g/mol. The maximum Gasteiger partial charge on any atom is 0.246 e. The molecule has 74 heavy (non-hydrogen) atoms. The summed E-state index contributed by atoms with van der Waals surface area (Å²) in [6.45, 7) is 19.4. The van der Waals surface area contributed by atoms with E-state index in [9.17, 15) is 27.9 Å². The first-order chi connectivity index (χ1) is 35.1. The van der Waals surface area contributed by atoms with Gasteiger partial charge in [-0.1, -0.05) is 68.8 Å². The second-order valence-electron chi connectivity index (χ2n) is 20.7. The molecular formula is C54H70ClN9O8S2. The van der Waals surface area contributed by atoms with Crippen LogP contribution in [0.15, 0.2) is 77.3 Å². The molecule has 2 aliphatic heterocycles. The lowest BCUT2D eigenvalue weighted by Crippen LogP contribution is -2.58. The maximum atomic E-state index is 14.1. The van der Waals surface area contributed by atoms with E-state index >= 15 is 0 Å². The molecule has 2 aliphatic rings. The van der Waals surface area contributed by atoms with Crippen LogP contribution in [0.4, 0.5) is 23.1 Å². The number of aryl methyl sites for hydroxylation is 2. The Morgan fingerprint density at radius 3 is 2.34 bits per heavy atom. The summed E-state index contributed by atoms with van der Waals surface area (Å²) in [5.41, 5.74) is 7.30. The van der Waals surface area contributed by atoms with Crippen molar-refractivity contribution in [1.29, 1.82) is 0 Å². The number of likely N-dealkylation sites (tertiary alicyclic amines) is 2. The third-order valence-electron chi connectivity index (χ3n) is 13.3. The first-order valence-electron chi connectivity index (χ1n) is 25.1. The number of benzene rings is 3. The number of sulfone groups is 1. The predicted molar refractivity (Wildman–Crippen MR) is 290 cm³/mol. The quantitative estimate of drug-likeness (QED) is 0.0463. The van der Waals surface area contributed by atoms with E-state index in [0.717, 1.165) is 53.2 Å². The number of hydrogen-bond donors (Lipinski definition) is 5. The number of halogens is 1. The molecule has 2 fully saturated rings. The minimum atomic E-state index is -3.60. The van der Waals surface area contributed by atoms with Gasteiger partial charge in [0.25, 0.3) is 0 Å². The van der Waals surface area contributed by atoms with E-state index in [1.54, 1.807) is 49.4 Å². The maximum absolute atomic E-state index is 14.1. The molecule has 3 amide bonds. The lowest BCUT2D eigenvalue weighted by Gasteiger charge is -2.35. The minimum absolute atomic E-state index is 0.0158. The van der Waals surface area contributed by atoms with Crippen LogP contribution in [0.3, 0.4) is 0 Å². The average Bonchev–Trinajstić information content (AvgIpc) is 3.98. The molecule has 398 valence electrons.